The predicted octanol–water partition coefficient (Wildman–Crippen LogP) is 1.96. The zero-order valence-electron chi connectivity index (χ0n) is 4.94. The molecule has 0 aromatic carbocycles. The third kappa shape index (κ3) is 1.58. The Morgan fingerprint density at radius 3 is 2.60 bits per heavy atom. The molecule has 0 amide bonds. The molecule has 0 saturated carbocycles. The fourth-order valence-electron chi connectivity index (χ4n) is 0.710. The van der Waals surface area contributed by atoms with Crippen molar-refractivity contribution in [3.63, 3.8) is 0 Å². The van der Waals surface area contributed by atoms with Crippen molar-refractivity contribution >= 4 is 45.1 Å². The van der Waals surface area contributed by atoms with Gasteiger partial charge < -0.3 is 0 Å². The molecule has 0 spiro atoms. The molecule has 1 heterocycles. The molecule has 2 aliphatic rings. The Bertz CT molecular complexity index is 208. The SMILES string of the molecule is C1=CC(=C2SS[Se][Se]2)C=C1. The zero-order valence-corrected chi connectivity index (χ0v) is 10.0. The van der Waals surface area contributed by atoms with Crippen molar-refractivity contribution in [1.82, 2.24) is 0 Å². The predicted molar refractivity (Wildman–Crippen MR) is 52.0 cm³/mol. The molecule has 0 nitrogen and oxygen atoms in total. The maximum atomic E-state index is 2.21. The van der Waals surface area contributed by atoms with Gasteiger partial charge in [-0.15, -0.1) is 0 Å². The van der Waals surface area contributed by atoms with Crippen molar-refractivity contribution in [3.05, 3.63) is 33.7 Å². The van der Waals surface area contributed by atoms with Crippen LogP contribution in [-0.4, -0.2) is 25.1 Å². The first-order chi connectivity index (χ1) is 4.97. The average molecular weight is 298 g/mol. The summed E-state index contributed by atoms with van der Waals surface area (Å²) in [5, 5.41) is 0. The van der Waals surface area contributed by atoms with Crippen LogP contribution in [0.4, 0.5) is 0 Å². The van der Waals surface area contributed by atoms with Crippen LogP contribution in [0.5, 0.6) is 0 Å². The van der Waals surface area contributed by atoms with E-state index in [0.717, 1.165) is 25.1 Å². The second-order valence-electron chi connectivity index (χ2n) is 1.76. The van der Waals surface area contributed by atoms with E-state index >= 15 is 0 Å². The van der Waals surface area contributed by atoms with Gasteiger partial charge in [-0.2, -0.15) is 0 Å². The van der Waals surface area contributed by atoms with Crippen molar-refractivity contribution < 1.29 is 0 Å². The van der Waals surface area contributed by atoms with Gasteiger partial charge in [0.25, 0.3) is 0 Å². The minimum absolute atomic E-state index is 0.816. The van der Waals surface area contributed by atoms with Gasteiger partial charge in [-0.1, -0.05) is 0 Å². The molecule has 10 heavy (non-hydrogen) atoms. The maximum absolute atomic E-state index is 2.21. The number of hydrogen-bond acceptors (Lipinski definition) is 2. The average Bonchev–Trinajstić information content (AvgIpc) is 2.59. The van der Waals surface area contributed by atoms with E-state index in [-0.39, 0.29) is 0 Å². The summed E-state index contributed by atoms with van der Waals surface area (Å²) < 4.78 is 1.64. The topological polar surface area (TPSA) is 0 Å². The Labute approximate surface area is 78.3 Å². The van der Waals surface area contributed by atoms with Gasteiger partial charge in [0.1, 0.15) is 0 Å². The van der Waals surface area contributed by atoms with Crippen LogP contribution in [0.2, 0.25) is 0 Å². The molecule has 0 bridgehead atoms. The van der Waals surface area contributed by atoms with Crippen LogP contribution in [0, 0.1) is 0 Å². The Hall–Kier alpha value is 0.959. The van der Waals surface area contributed by atoms with E-state index in [1.807, 2.05) is 10.8 Å². The van der Waals surface area contributed by atoms with Crippen LogP contribution in [-0.2, 0) is 0 Å². The van der Waals surface area contributed by atoms with Gasteiger partial charge in [0.2, 0.25) is 0 Å². The molecule has 2 rings (SSSR count). The van der Waals surface area contributed by atoms with E-state index in [9.17, 15) is 0 Å². The van der Waals surface area contributed by atoms with E-state index in [1.165, 1.54) is 5.57 Å². The van der Waals surface area contributed by atoms with Gasteiger partial charge in [0.15, 0.2) is 0 Å². The summed E-state index contributed by atoms with van der Waals surface area (Å²) in [6.07, 6.45) is 8.67. The fraction of sp³-hybridized carbons (Fsp3) is 0. The van der Waals surface area contributed by atoms with Crippen LogP contribution < -0.4 is 0 Å². The molecule has 0 unspecified atom stereocenters. The number of allylic oxidation sites excluding steroid dienone is 5. The van der Waals surface area contributed by atoms with E-state index in [4.69, 9.17) is 0 Å². The summed E-state index contributed by atoms with van der Waals surface area (Å²) in [4.78, 5) is 0. The Morgan fingerprint density at radius 2 is 2.00 bits per heavy atom. The second kappa shape index (κ2) is 3.57. The zero-order chi connectivity index (χ0) is 6.81. The molecule has 0 N–H and O–H groups in total. The summed E-state index contributed by atoms with van der Waals surface area (Å²) in [7, 11) is 4.04. The van der Waals surface area contributed by atoms with Crippen LogP contribution in [0.15, 0.2) is 33.7 Å². The van der Waals surface area contributed by atoms with Crippen LogP contribution >= 0.6 is 20.0 Å². The van der Waals surface area contributed by atoms with Gasteiger partial charge in [-0.25, -0.2) is 0 Å². The van der Waals surface area contributed by atoms with Crippen LogP contribution in [0.3, 0.4) is 0 Å². The molecule has 52 valence electrons. The quantitative estimate of drug-likeness (QED) is 0.495. The Morgan fingerprint density at radius 1 is 1.20 bits per heavy atom. The first-order valence-electron chi connectivity index (χ1n) is 2.74. The van der Waals surface area contributed by atoms with Crippen molar-refractivity contribution in [1.29, 1.82) is 0 Å². The summed E-state index contributed by atoms with van der Waals surface area (Å²) in [5.41, 5.74) is 1.47. The first kappa shape index (κ1) is 7.60. The van der Waals surface area contributed by atoms with E-state index in [1.54, 1.807) is 3.80 Å². The Kier molecular flexibility index (Phi) is 2.71. The summed E-state index contributed by atoms with van der Waals surface area (Å²) >= 11 is 1.68. The summed E-state index contributed by atoms with van der Waals surface area (Å²) in [6, 6.07) is 0. The molecule has 1 saturated heterocycles. The third-order valence-electron chi connectivity index (χ3n) is 1.15. The molecule has 0 radical (unpaired) electrons. The third-order valence-corrected chi connectivity index (χ3v) is 18.6. The summed E-state index contributed by atoms with van der Waals surface area (Å²) in [5.74, 6) is 0. The van der Waals surface area contributed by atoms with Gasteiger partial charge in [-0.05, 0) is 0 Å². The fourth-order valence-corrected chi connectivity index (χ4v) is 21.7. The summed E-state index contributed by atoms with van der Waals surface area (Å²) in [6.45, 7) is 0. The van der Waals surface area contributed by atoms with Crippen LogP contribution in [0.1, 0.15) is 0 Å². The van der Waals surface area contributed by atoms with E-state index in [2.05, 4.69) is 33.5 Å². The Balaban J connectivity index is 2.26. The van der Waals surface area contributed by atoms with Gasteiger partial charge in [-0.3, -0.25) is 0 Å². The molecule has 0 aromatic heterocycles. The first-order valence-corrected chi connectivity index (χ1v) is 12.1. The molecule has 0 aromatic rings. The van der Waals surface area contributed by atoms with Gasteiger partial charge >= 0.3 is 78.8 Å². The molecule has 4 heteroatoms. The van der Waals surface area contributed by atoms with Gasteiger partial charge in [0, 0.05) is 0 Å². The van der Waals surface area contributed by atoms with Crippen molar-refractivity contribution in [2.45, 2.75) is 0 Å². The number of rotatable bonds is 0. The monoisotopic (exact) mass is 300 g/mol. The van der Waals surface area contributed by atoms with Crippen molar-refractivity contribution in [2.24, 2.45) is 0 Å². The van der Waals surface area contributed by atoms with Crippen molar-refractivity contribution in [3.8, 4) is 0 Å². The molecule has 1 aliphatic carbocycles. The minimum atomic E-state index is 0.816. The van der Waals surface area contributed by atoms with Crippen LogP contribution in [0.25, 0.3) is 0 Å². The second-order valence-corrected chi connectivity index (χ2v) is 15.0. The normalized spacial score (nSPS) is 23.2. The van der Waals surface area contributed by atoms with E-state index < -0.39 is 0 Å². The molecule has 0 atom stereocenters. The molecular formula is C6H4S2Se2. The number of hydrogen-bond donors (Lipinski definition) is 0. The standard InChI is InChI=1S/C6H4S2Se2/c1-2-4-5(3-1)6-7-8-10-9-6/h1-4H. The van der Waals surface area contributed by atoms with Gasteiger partial charge in [0.05, 0.1) is 0 Å². The van der Waals surface area contributed by atoms with Crippen molar-refractivity contribution in [2.75, 3.05) is 0 Å². The molecule has 1 aliphatic heterocycles. The molecule has 1 fully saturated rings. The molecular weight excluding hydrogens is 294 g/mol. The van der Waals surface area contributed by atoms with E-state index in [0.29, 0.717) is 0 Å².